The summed E-state index contributed by atoms with van der Waals surface area (Å²) in [6.07, 6.45) is 0.849. The molecule has 0 radical (unpaired) electrons. The normalized spacial score (nSPS) is 9.94. The Hall–Kier alpha value is -2.42. The van der Waals surface area contributed by atoms with Gasteiger partial charge in [-0.05, 0) is 0 Å². The number of rotatable bonds is 4. The quantitative estimate of drug-likeness (QED) is 0.439. The molecule has 1 heterocycles. The maximum atomic E-state index is 11.5. The van der Waals surface area contributed by atoms with Crippen molar-refractivity contribution in [1.82, 2.24) is 14.1 Å². The number of carbonyl (C=O) groups is 1. The van der Waals surface area contributed by atoms with Crippen LogP contribution in [-0.2, 0) is 23.0 Å². The molecule has 1 aromatic rings. The Balaban J connectivity index is 3.21. The second-order valence-corrected chi connectivity index (χ2v) is 2.81. The van der Waals surface area contributed by atoms with Gasteiger partial charge in [-0.1, -0.05) is 6.58 Å². The van der Waals surface area contributed by atoms with E-state index in [1.807, 2.05) is 0 Å². The van der Waals surface area contributed by atoms with Crippen molar-refractivity contribution in [2.75, 3.05) is 0 Å². The highest BCUT2D eigenvalue weighted by Crippen LogP contribution is 1.80. The number of ether oxygens (including phenoxy) is 1. The van der Waals surface area contributed by atoms with E-state index in [2.05, 4.69) is 11.3 Å². The van der Waals surface area contributed by atoms with E-state index < -0.39 is 36.5 Å². The Kier molecular flexibility index (Phi) is 3.78. The number of aliphatic hydroxyl groups is 1. The third kappa shape index (κ3) is 2.58. The lowest BCUT2D eigenvalue weighted by Gasteiger charge is -2.06. The van der Waals surface area contributed by atoms with Gasteiger partial charge >= 0.3 is 23.0 Å². The van der Waals surface area contributed by atoms with E-state index in [-0.39, 0.29) is 0 Å². The first-order valence-corrected chi connectivity index (χ1v) is 4.35. The molecular weight excluding hydrogens is 234 g/mol. The highest BCUT2D eigenvalue weighted by atomic mass is 16.5. The molecule has 0 aliphatic heterocycles. The van der Waals surface area contributed by atoms with Crippen LogP contribution in [0.4, 0.5) is 0 Å². The van der Waals surface area contributed by atoms with Crippen LogP contribution < -0.4 is 17.1 Å². The minimum absolute atomic E-state index is 0.364. The van der Waals surface area contributed by atoms with Crippen molar-refractivity contribution < 1.29 is 14.6 Å². The first-order valence-electron chi connectivity index (χ1n) is 4.35. The Labute approximate surface area is 93.2 Å². The summed E-state index contributed by atoms with van der Waals surface area (Å²) in [6, 6.07) is 0. The summed E-state index contributed by atoms with van der Waals surface area (Å²) in [7, 11) is 0. The molecule has 0 aliphatic carbocycles. The van der Waals surface area contributed by atoms with Gasteiger partial charge in [-0.2, -0.15) is 0 Å². The molecule has 0 spiro atoms. The third-order valence-electron chi connectivity index (χ3n) is 1.81. The molecular formula is C8H9N3O6. The van der Waals surface area contributed by atoms with Crippen molar-refractivity contribution >= 4 is 5.97 Å². The Morgan fingerprint density at radius 3 is 2.47 bits per heavy atom. The summed E-state index contributed by atoms with van der Waals surface area (Å²) < 4.78 is 5.27. The highest BCUT2D eigenvalue weighted by molar-refractivity contribution is 5.80. The Morgan fingerprint density at radius 2 is 1.94 bits per heavy atom. The highest BCUT2D eigenvalue weighted by Gasteiger charge is 2.09. The summed E-state index contributed by atoms with van der Waals surface area (Å²) >= 11 is 0. The zero-order valence-electron chi connectivity index (χ0n) is 8.58. The van der Waals surface area contributed by atoms with Gasteiger partial charge in [0.2, 0.25) is 0 Å². The van der Waals surface area contributed by atoms with Gasteiger partial charge in [0.25, 0.3) is 0 Å². The van der Waals surface area contributed by atoms with Crippen LogP contribution in [-0.4, -0.2) is 25.2 Å². The Morgan fingerprint density at radius 1 is 1.35 bits per heavy atom. The molecule has 0 bridgehead atoms. The molecule has 2 N–H and O–H groups in total. The molecule has 0 aromatic carbocycles. The molecule has 0 aliphatic rings. The molecule has 0 fully saturated rings. The summed E-state index contributed by atoms with van der Waals surface area (Å²) in [6.45, 7) is 1.54. The molecule has 0 saturated carbocycles. The summed E-state index contributed by atoms with van der Waals surface area (Å²) in [5.74, 6) is -0.835. The van der Waals surface area contributed by atoms with Gasteiger partial charge in [0.15, 0.2) is 6.73 Å². The lowest BCUT2D eigenvalue weighted by Crippen LogP contribution is -2.49. The van der Waals surface area contributed by atoms with Crippen LogP contribution >= 0.6 is 0 Å². The smallest absolute Gasteiger partial charge is 0.341 e. The van der Waals surface area contributed by atoms with Crippen molar-refractivity contribution in [2.45, 2.75) is 13.5 Å². The molecule has 0 saturated heterocycles. The number of nitrogens with one attached hydrogen (secondary N) is 1. The number of aromatic nitrogens is 3. The van der Waals surface area contributed by atoms with Gasteiger partial charge in [0.1, 0.15) is 6.73 Å². The fourth-order valence-corrected chi connectivity index (χ4v) is 0.972. The van der Waals surface area contributed by atoms with E-state index in [1.165, 1.54) is 0 Å². The number of nitrogens with zero attached hydrogens (tertiary/aromatic N) is 2. The topological polar surface area (TPSA) is 123 Å². The monoisotopic (exact) mass is 243 g/mol. The fraction of sp³-hybridized carbons (Fsp3) is 0.250. The third-order valence-corrected chi connectivity index (χ3v) is 1.81. The first kappa shape index (κ1) is 12.6. The largest absolute Gasteiger partial charge is 0.440 e. The lowest BCUT2D eigenvalue weighted by atomic mass is 10.7. The summed E-state index contributed by atoms with van der Waals surface area (Å²) in [5, 5.41) is 8.74. The van der Waals surface area contributed by atoms with Gasteiger partial charge in [0, 0.05) is 6.08 Å². The maximum absolute atomic E-state index is 11.5. The standard InChI is InChI=1S/C8H9N3O6/c1-2-5(13)17-4-11-7(15)9-6(14)10(3-12)8(11)16/h2,12H,1,3-4H2,(H,9,14,15). The molecule has 9 nitrogen and oxygen atoms in total. The predicted molar refractivity (Wildman–Crippen MR) is 54.1 cm³/mol. The number of aromatic amines is 1. The second-order valence-electron chi connectivity index (χ2n) is 2.81. The zero-order chi connectivity index (χ0) is 13.0. The van der Waals surface area contributed by atoms with Crippen molar-refractivity contribution in [3.05, 3.63) is 44.1 Å². The average molecular weight is 243 g/mol. The molecule has 92 valence electrons. The second kappa shape index (κ2) is 5.07. The Bertz CT molecular complexity index is 607. The van der Waals surface area contributed by atoms with Gasteiger partial charge in [-0.25, -0.2) is 28.3 Å². The van der Waals surface area contributed by atoms with Gasteiger partial charge < -0.3 is 9.84 Å². The van der Waals surface area contributed by atoms with Crippen LogP contribution in [0.25, 0.3) is 0 Å². The van der Waals surface area contributed by atoms with E-state index in [0.717, 1.165) is 6.08 Å². The summed E-state index contributed by atoms with van der Waals surface area (Å²) in [4.78, 5) is 46.3. The van der Waals surface area contributed by atoms with Crippen molar-refractivity contribution in [3.63, 3.8) is 0 Å². The number of aliphatic hydroxyl groups excluding tert-OH is 1. The van der Waals surface area contributed by atoms with Crippen LogP contribution in [0, 0.1) is 0 Å². The van der Waals surface area contributed by atoms with Crippen LogP contribution in [0.15, 0.2) is 27.0 Å². The fourth-order valence-electron chi connectivity index (χ4n) is 0.972. The first-order chi connectivity index (χ1) is 8.01. The van der Waals surface area contributed by atoms with E-state index in [4.69, 9.17) is 5.11 Å². The zero-order valence-corrected chi connectivity index (χ0v) is 8.58. The van der Waals surface area contributed by atoms with Crippen LogP contribution in [0.2, 0.25) is 0 Å². The van der Waals surface area contributed by atoms with E-state index in [9.17, 15) is 19.2 Å². The van der Waals surface area contributed by atoms with Gasteiger partial charge in [0.05, 0.1) is 0 Å². The number of H-pyrrole nitrogens is 1. The SMILES string of the molecule is C=CC(=O)OCn1c(=O)[nH]c(=O)n(CO)c1=O. The summed E-state index contributed by atoms with van der Waals surface area (Å²) in [5.41, 5.74) is -3.17. The van der Waals surface area contributed by atoms with Crippen molar-refractivity contribution in [2.24, 2.45) is 0 Å². The van der Waals surface area contributed by atoms with E-state index in [1.54, 1.807) is 4.98 Å². The minimum atomic E-state index is -1.09. The lowest BCUT2D eigenvalue weighted by molar-refractivity contribution is -0.141. The van der Waals surface area contributed by atoms with Crippen LogP contribution in [0.3, 0.4) is 0 Å². The predicted octanol–water partition coefficient (Wildman–Crippen LogP) is -2.67. The van der Waals surface area contributed by atoms with Gasteiger partial charge in [-0.3, -0.25) is 4.98 Å². The molecule has 1 aromatic heterocycles. The minimum Gasteiger partial charge on any atom is -0.440 e. The van der Waals surface area contributed by atoms with Crippen molar-refractivity contribution in [1.29, 1.82) is 0 Å². The number of hydrogen-bond acceptors (Lipinski definition) is 6. The molecule has 0 atom stereocenters. The van der Waals surface area contributed by atoms with Crippen molar-refractivity contribution in [3.8, 4) is 0 Å². The molecule has 9 heteroatoms. The van der Waals surface area contributed by atoms with E-state index in [0.29, 0.717) is 9.13 Å². The molecule has 0 unspecified atom stereocenters. The van der Waals surface area contributed by atoms with Crippen LogP contribution in [0.5, 0.6) is 0 Å². The molecule has 17 heavy (non-hydrogen) atoms. The molecule has 0 amide bonds. The van der Waals surface area contributed by atoms with E-state index >= 15 is 0 Å². The molecule has 1 rings (SSSR count). The number of esters is 1. The van der Waals surface area contributed by atoms with Crippen LogP contribution in [0.1, 0.15) is 0 Å². The number of carbonyl (C=O) groups excluding carboxylic acids is 1. The van der Waals surface area contributed by atoms with Gasteiger partial charge in [-0.15, -0.1) is 0 Å². The average Bonchev–Trinajstić information content (AvgIpc) is 2.28. The number of hydrogen-bond donors (Lipinski definition) is 2. The maximum Gasteiger partial charge on any atom is 0.341 e.